The molecule has 0 atom stereocenters. The van der Waals surface area contributed by atoms with Crippen molar-refractivity contribution in [1.29, 1.82) is 0 Å². The van der Waals surface area contributed by atoms with E-state index >= 15 is 0 Å². The van der Waals surface area contributed by atoms with Gasteiger partial charge in [0.15, 0.2) is 5.75 Å². The van der Waals surface area contributed by atoms with Crippen LogP contribution in [0.3, 0.4) is 0 Å². The van der Waals surface area contributed by atoms with Crippen molar-refractivity contribution in [2.24, 2.45) is 0 Å². The highest BCUT2D eigenvalue weighted by Gasteiger charge is 2.23. The lowest BCUT2D eigenvalue weighted by Gasteiger charge is -2.20. The fourth-order valence-electron chi connectivity index (χ4n) is 3.83. The van der Waals surface area contributed by atoms with Crippen molar-refractivity contribution < 1.29 is 19.0 Å². The predicted molar refractivity (Wildman–Crippen MR) is 154 cm³/mol. The number of carbonyl (C=O) groups excluding carboxylic acids is 1. The molecule has 0 radical (unpaired) electrons. The lowest BCUT2D eigenvalue weighted by Crippen LogP contribution is -2.29. The highest BCUT2D eigenvalue weighted by atomic mass is 35.5. The van der Waals surface area contributed by atoms with Crippen molar-refractivity contribution in [3.63, 3.8) is 0 Å². The second-order valence-electron chi connectivity index (χ2n) is 8.79. The summed E-state index contributed by atoms with van der Waals surface area (Å²) in [5, 5.41) is 3.26. The molecule has 0 fully saturated rings. The summed E-state index contributed by atoms with van der Waals surface area (Å²) in [6.45, 7) is 1.71. The SMILES string of the molecule is COc1cc(OC)c(Cl)c(-c2ccc(OC(=O)Nc3ccc(N(C)CCN(C)C)nc3)c3nccnc23)c1Cl. The molecule has 4 rings (SSSR count). The number of amides is 1. The Bertz CT molecular complexity index is 1460. The maximum atomic E-state index is 12.8. The number of methoxy groups -OCH3 is 2. The number of hydrogen-bond donors (Lipinski definition) is 1. The first-order chi connectivity index (χ1) is 18.7. The standard InChI is InChI=1S/C27H28Cl2N6O4/c1-34(2)12-13-35(3)21-9-6-16(15-32-21)33-27(36)39-18-8-7-17(25-26(18)31-11-10-30-25)22-23(28)19(37-4)14-20(38-5)24(22)29/h6-11,14-15H,12-13H2,1-5H3,(H,33,36). The summed E-state index contributed by atoms with van der Waals surface area (Å²) in [5.74, 6) is 1.76. The number of rotatable bonds is 9. The first-order valence-electron chi connectivity index (χ1n) is 11.9. The van der Waals surface area contributed by atoms with E-state index in [0.717, 1.165) is 18.9 Å². The molecule has 204 valence electrons. The molecule has 0 aliphatic heterocycles. The Morgan fingerprint density at radius 1 is 0.872 bits per heavy atom. The predicted octanol–water partition coefficient (Wildman–Crippen LogP) is 5.62. The van der Waals surface area contributed by atoms with E-state index in [4.69, 9.17) is 37.4 Å². The van der Waals surface area contributed by atoms with Crippen LogP contribution >= 0.6 is 23.2 Å². The molecule has 4 aromatic rings. The van der Waals surface area contributed by atoms with Gasteiger partial charge in [0.05, 0.1) is 36.1 Å². The van der Waals surface area contributed by atoms with Crippen LogP contribution < -0.4 is 24.4 Å². The molecule has 39 heavy (non-hydrogen) atoms. The van der Waals surface area contributed by atoms with Gasteiger partial charge in [-0.3, -0.25) is 10.3 Å². The lowest BCUT2D eigenvalue weighted by atomic mass is 10.0. The van der Waals surface area contributed by atoms with Gasteiger partial charge in [0, 0.05) is 49.7 Å². The van der Waals surface area contributed by atoms with Crippen molar-refractivity contribution in [3.05, 3.63) is 59.0 Å². The summed E-state index contributed by atoms with van der Waals surface area (Å²) in [4.78, 5) is 30.2. The number of carbonyl (C=O) groups is 1. The number of nitrogens with zero attached hydrogens (tertiary/aromatic N) is 5. The van der Waals surface area contributed by atoms with E-state index in [1.165, 1.54) is 26.6 Å². The molecular weight excluding hydrogens is 543 g/mol. The summed E-state index contributed by atoms with van der Waals surface area (Å²) in [6.07, 6.45) is 3.90. The molecule has 2 heterocycles. The fraction of sp³-hybridized carbons (Fsp3) is 0.259. The molecule has 1 amide bonds. The van der Waals surface area contributed by atoms with Crippen LogP contribution in [0.15, 0.2) is 48.9 Å². The molecule has 0 aliphatic rings. The van der Waals surface area contributed by atoms with Gasteiger partial charge in [-0.15, -0.1) is 0 Å². The van der Waals surface area contributed by atoms with Crippen molar-refractivity contribution in [2.45, 2.75) is 0 Å². The van der Waals surface area contributed by atoms with E-state index < -0.39 is 6.09 Å². The minimum Gasteiger partial charge on any atom is -0.495 e. The Balaban J connectivity index is 1.59. The summed E-state index contributed by atoms with van der Waals surface area (Å²) in [5.41, 5.74) is 2.27. The number of likely N-dealkylation sites (N-methyl/N-ethyl adjacent to an activating group) is 2. The van der Waals surface area contributed by atoms with Crippen LogP contribution in [-0.4, -0.2) is 74.4 Å². The molecule has 0 bridgehead atoms. The van der Waals surface area contributed by atoms with E-state index in [1.807, 2.05) is 32.1 Å². The number of aromatic nitrogens is 3. The molecule has 1 N–H and O–H groups in total. The molecule has 0 unspecified atom stereocenters. The average molecular weight is 571 g/mol. The zero-order valence-electron chi connectivity index (χ0n) is 22.2. The topological polar surface area (TPSA) is 102 Å². The van der Waals surface area contributed by atoms with Gasteiger partial charge < -0.3 is 24.0 Å². The Morgan fingerprint density at radius 3 is 2.13 bits per heavy atom. The number of fused-ring (bicyclic) bond motifs is 1. The zero-order chi connectivity index (χ0) is 28.1. The van der Waals surface area contributed by atoms with Crippen LogP contribution in [0.5, 0.6) is 17.2 Å². The second-order valence-corrected chi connectivity index (χ2v) is 9.55. The molecule has 2 aromatic heterocycles. The van der Waals surface area contributed by atoms with E-state index in [0.29, 0.717) is 39.3 Å². The van der Waals surface area contributed by atoms with Crippen molar-refractivity contribution in [3.8, 4) is 28.4 Å². The maximum absolute atomic E-state index is 12.8. The van der Waals surface area contributed by atoms with Gasteiger partial charge in [-0.25, -0.2) is 14.8 Å². The van der Waals surface area contributed by atoms with Crippen molar-refractivity contribution >= 4 is 51.8 Å². The average Bonchev–Trinajstić information content (AvgIpc) is 2.93. The smallest absolute Gasteiger partial charge is 0.417 e. The van der Waals surface area contributed by atoms with Gasteiger partial charge in [0.25, 0.3) is 0 Å². The molecule has 0 saturated heterocycles. The van der Waals surface area contributed by atoms with Crippen LogP contribution in [0.2, 0.25) is 10.0 Å². The number of anilines is 2. The second kappa shape index (κ2) is 12.3. The van der Waals surface area contributed by atoms with Gasteiger partial charge in [-0.1, -0.05) is 23.2 Å². The summed E-state index contributed by atoms with van der Waals surface area (Å²) in [6, 6.07) is 8.50. The number of pyridine rings is 1. The van der Waals surface area contributed by atoms with Crippen LogP contribution in [0, 0.1) is 0 Å². The van der Waals surface area contributed by atoms with E-state index in [9.17, 15) is 4.79 Å². The Morgan fingerprint density at radius 2 is 1.54 bits per heavy atom. The van der Waals surface area contributed by atoms with Gasteiger partial charge in [-0.05, 0) is 38.4 Å². The van der Waals surface area contributed by atoms with Crippen LogP contribution in [0.25, 0.3) is 22.2 Å². The lowest BCUT2D eigenvalue weighted by molar-refractivity contribution is 0.215. The van der Waals surface area contributed by atoms with E-state index in [2.05, 4.69) is 25.2 Å². The quantitative estimate of drug-likeness (QED) is 0.274. The number of benzene rings is 2. The monoisotopic (exact) mass is 570 g/mol. The number of ether oxygens (including phenoxy) is 3. The molecule has 0 aliphatic carbocycles. The summed E-state index contributed by atoms with van der Waals surface area (Å²) in [7, 11) is 8.99. The Labute approximate surface area is 236 Å². The summed E-state index contributed by atoms with van der Waals surface area (Å²) < 4.78 is 16.4. The molecule has 2 aromatic carbocycles. The van der Waals surface area contributed by atoms with Gasteiger partial charge >= 0.3 is 6.09 Å². The fourth-order valence-corrected chi connectivity index (χ4v) is 4.54. The highest BCUT2D eigenvalue weighted by molar-refractivity contribution is 6.41. The van der Waals surface area contributed by atoms with E-state index in [1.54, 1.807) is 30.5 Å². The third-order valence-electron chi connectivity index (χ3n) is 5.90. The van der Waals surface area contributed by atoms with Crippen molar-refractivity contribution in [2.75, 3.05) is 58.7 Å². The van der Waals surface area contributed by atoms with Gasteiger partial charge in [-0.2, -0.15) is 0 Å². The molecule has 12 heteroatoms. The first-order valence-corrected chi connectivity index (χ1v) is 12.6. The largest absolute Gasteiger partial charge is 0.495 e. The summed E-state index contributed by atoms with van der Waals surface area (Å²) >= 11 is 13.3. The molecule has 0 spiro atoms. The third-order valence-corrected chi connectivity index (χ3v) is 6.65. The Kier molecular flexibility index (Phi) is 8.90. The normalized spacial score (nSPS) is 11.0. The maximum Gasteiger partial charge on any atom is 0.417 e. The third kappa shape index (κ3) is 6.25. The van der Waals surface area contributed by atoms with Crippen LogP contribution in [-0.2, 0) is 0 Å². The Hall–Kier alpha value is -3.86. The number of nitrogens with one attached hydrogen (secondary N) is 1. The highest BCUT2D eigenvalue weighted by Crippen LogP contribution is 2.47. The van der Waals surface area contributed by atoms with Crippen LogP contribution in [0.4, 0.5) is 16.3 Å². The molecule has 0 saturated carbocycles. The molecular formula is C27H28Cl2N6O4. The minimum atomic E-state index is -0.704. The minimum absolute atomic E-state index is 0.203. The zero-order valence-corrected chi connectivity index (χ0v) is 23.7. The van der Waals surface area contributed by atoms with Gasteiger partial charge in [0.2, 0.25) is 0 Å². The first kappa shape index (κ1) is 28.2. The van der Waals surface area contributed by atoms with Crippen LogP contribution in [0.1, 0.15) is 0 Å². The van der Waals surface area contributed by atoms with E-state index in [-0.39, 0.29) is 15.8 Å². The van der Waals surface area contributed by atoms with Gasteiger partial charge in [0.1, 0.15) is 28.4 Å². The number of hydrogen-bond acceptors (Lipinski definition) is 9. The molecule has 10 nitrogen and oxygen atoms in total. The van der Waals surface area contributed by atoms with Crippen molar-refractivity contribution in [1.82, 2.24) is 19.9 Å². The number of halogens is 2.